The molecule has 1 aromatic heterocycles. The van der Waals surface area contributed by atoms with Gasteiger partial charge in [-0.1, -0.05) is 6.92 Å². The first-order valence-corrected chi connectivity index (χ1v) is 9.22. The van der Waals surface area contributed by atoms with Crippen LogP contribution in [0.4, 0.5) is 5.69 Å². The van der Waals surface area contributed by atoms with Crippen LogP contribution in [-0.2, 0) is 9.53 Å². The SMILES string of the molecule is C#CC(=O)Nc1cc2ccc(OC3OC(C)(C)C(C)C(O)C3O)c(OC)c2oc1=O. The van der Waals surface area contributed by atoms with E-state index in [-0.39, 0.29) is 28.7 Å². The fourth-order valence-electron chi connectivity index (χ4n) is 3.24. The lowest BCUT2D eigenvalue weighted by Gasteiger charge is -2.46. The third-order valence-electron chi connectivity index (χ3n) is 5.31. The van der Waals surface area contributed by atoms with Crippen molar-refractivity contribution in [1.82, 2.24) is 0 Å². The molecule has 1 saturated heterocycles. The van der Waals surface area contributed by atoms with Gasteiger partial charge in [-0.05, 0) is 38.0 Å². The van der Waals surface area contributed by atoms with E-state index in [1.807, 2.05) is 5.92 Å². The first-order valence-electron chi connectivity index (χ1n) is 9.22. The van der Waals surface area contributed by atoms with Crippen molar-refractivity contribution in [2.75, 3.05) is 12.4 Å². The summed E-state index contributed by atoms with van der Waals surface area (Å²) in [4.78, 5) is 23.6. The minimum Gasteiger partial charge on any atom is -0.490 e. The smallest absolute Gasteiger partial charge is 0.360 e. The Bertz CT molecular complexity index is 1070. The number of fused-ring (bicyclic) bond motifs is 1. The van der Waals surface area contributed by atoms with E-state index >= 15 is 0 Å². The molecule has 1 aromatic carbocycles. The second-order valence-electron chi connectivity index (χ2n) is 7.54. The van der Waals surface area contributed by atoms with Gasteiger partial charge in [-0.3, -0.25) is 4.79 Å². The van der Waals surface area contributed by atoms with E-state index in [0.29, 0.717) is 5.39 Å². The fraction of sp³-hybridized carbons (Fsp3) is 0.429. The van der Waals surface area contributed by atoms with Gasteiger partial charge in [0, 0.05) is 11.3 Å². The average molecular weight is 417 g/mol. The molecule has 1 amide bonds. The molecule has 3 N–H and O–H groups in total. The Labute approximate surface area is 172 Å². The number of aliphatic hydroxyl groups excluding tert-OH is 2. The van der Waals surface area contributed by atoms with Gasteiger partial charge in [0.05, 0.1) is 18.8 Å². The highest BCUT2D eigenvalue weighted by molar-refractivity contribution is 6.04. The number of amides is 1. The van der Waals surface area contributed by atoms with Gasteiger partial charge in [-0.15, -0.1) is 6.42 Å². The number of anilines is 1. The highest BCUT2D eigenvalue weighted by Gasteiger charge is 2.48. The maximum atomic E-state index is 12.2. The van der Waals surface area contributed by atoms with E-state index in [0.717, 1.165) is 0 Å². The van der Waals surface area contributed by atoms with Crippen LogP contribution in [-0.4, -0.2) is 47.3 Å². The Balaban J connectivity index is 1.99. The van der Waals surface area contributed by atoms with Gasteiger partial charge in [0.15, 0.2) is 11.3 Å². The lowest BCUT2D eigenvalue weighted by Crippen LogP contribution is -2.59. The van der Waals surface area contributed by atoms with Crippen molar-refractivity contribution in [2.24, 2.45) is 5.92 Å². The van der Waals surface area contributed by atoms with Gasteiger partial charge in [-0.2, -0.15) is 0 Å². The monoisotopic (exact) mass is 417 g/mol. The standard InChI is InChI=1S/C21H23NO8/c1-6-14(23)22-12-9-11-7-8-13(18(27-5)17(11)29-19(12)26)28-20-16(25)15(24)10(2)21(3,4)30-20/h1,7-10,15-16,20,24-25H,2-5H3,(H,22,23). The predicted molar refractivity (Wildman–Crippen MR) is 107 cm³/mol. The summed E-state index contributed by atoms with van der Waals surface area (Å²) in [6.45, 7) is 5.34. The Morgan fingerprint density at radius 2 is 2.00 bits per heavy atom. The summed E-state index contributed by atoms with van der Waals surface area (Å²) < 4.78 is 22.3. The summed E-state index contributed by atoms with van der Waals surface area (Å²) in [6, 6.07) is 4.49. The summed E-state index contributed by atoms with van der Waals surface area (Å²) in [5.41, 5.74) is -1.64. The second-order valence-corrected chi connectivity index (χ2v) is 7.54. The first-order chi connectivity index (χ1) is 14.1. The Morgan fingerprint density at radius 3 is 2.63 bits per heavy atom. The van der Waals surface area contributed by atoms with Crippen LogP contribution in [0.3, 0.4) is 0 Å². The van der Waals surface area contributed by atoms with E-state index in [1.54, 1.807) is 26.8 Å². The van der Waals surface area contributed by atoms with E-state index in [2.05, 4.69) is 5.32 Å². The lowest BCUT2D eigenvalue weighted by atomic mass is 9.82. The van der Waals surface area contributed by atoms with Crippen LogP contribution in [0.25, 0.3) is 11.0 Å². The van der Waals surface area contributed by atoms with E-state index in [1.165, 1.54) is 19.2 Å². The van der Waals surface area contributed by atoms with Gasteiger partial charge in [0.2, 0.25) is 12.0 Å². The summed E-state index contributed by atoms with van der Waals surface area (Å²) in [7, 11) is 1.36. The maximum Gasteiger partial charge on any atom is 0.360 e. The number of carbonyl (C=O) groups excluding carboxylic acids is 1. The Hall–Kier alpha value is -3.06. The van der Waals surface area contributed by atoms with Crippen molar-refractivity contribution in [1.29, 1.82) is 0 Å². The number of carbonyl (C=O) groups is 1. The van der Waals surface area contributed by atoms with Gasteiger partial charge in [0.25, 0.3) is 5.91 Å². The molecule has 1 fully saturated rings. The van der Waals surface area contributed by atoms with Crippen LogP contribution in [0.15, 0.2) is 27.4 Å². The zero-order valence-electron chi connectivity index (χ0n) is 17.0. The molecule has 1 aliphatic rings. The Kier molecular flexibility index (Phi) is 5.76. The van der Waals surface area contributed by atoms with Crippen LogP contribution in [0, 0.1) is 18.3 Å². The molecule has 0 bridgehead atoms. The number of benzene rings is 1. The van der Waals surface area contributed by atoms with Crippen molar-refractivity contribution in [3.05, 3.63) is 28.6 Å². The second kappa shape index (κ2) is 7.99. The predicted octanol–water partition coefficient (Wildman–Crippen LogP) is 1.24. The van der Waals surface area contributed by atoms with Crippen molar-refractivity contribution in [3.8, 4) is 23.8 Å². The molecule has 0 aliphatic carbocycles. The molecule has 9 nitrogen and oxygen atoms in total. The molecule has 9 heteroatoms. The number of aliphatic hydroxyl groups is 2. The van der Waals surface area contributed by atoms with Crippen LogP contribution in [0.1, 0.15) is 20.8 Å². The number of rotatable bonds is 4. The van der Waals surface area contributed by atoms with Crippen LogP contribution in [0.2, 0.25) is 0 Å². The van der Waals surface area contributed by atoms with Crippen molar-refractivity contribution in [3.63, 3.8) is 0 Å². The molecule has 30 heavy (non-hydrogen) atoms. The zero-order valence-corrected chi connectivity index (χ0v) is 17.0. The number of hydrogen-bond donors (Lipinski definition) is 3. The number of terminal acetylenes is 1. The number of nitrogens with one attached hydrogen (secondary N) is 1. The molecule has 4 unspecified atom stereocenters. The van der Waals surface area contributed by atoms with E-state index in [4.69, 9.17) is 25.1 Å². The topological polar surface area (TPSA) is 127 Å². The number of ether oxygens (including phenoxy) is 3. The minimum absolute atomic E-state index is 0.0668. The summed E-state index contributed by atoms with van der Waals surface area (Å²) in [5, 5.41) is 23.4. The van der Waals surface area contributed by atoms with Gasteiger partial charge < -0.3 is 34.2 Å². The average Bonchev–Trinajstić information content (AvgIpc) is 2.70. The quantitative estimate of drug-likeness (QED) is 0.501. The molecule has 0 saturated carbocycles. The fourth-order valence-corrected chi connectivity index (χ4v) is 3.24. The van der Waals surface area contributed by atoms with Gasteiger partial charge >= 0.3 is 5.63 Å². The molecule has 3 rings (SSSR count). The van der Waals surface area contributed by atoms with Gasteiger partial charge in [-0.25, -0.2) is 4.79 Å². The number of methoxy groups -OCH3 is 1. The number of hydrogen-bond acceptors (Lipinski definition) is 8. The molecule has 2 aromatic rings. The van der Waals surface area contributed by atoms with E-state index < -0.39 is 35.6 Å². The molecular formula is C21H23NO8. The summed E-state index contributed by atoms with van der Waals surface area (Å²) >= 11 is 0. The highest BCUT2D eigenvalue weighted by Crippen LogP contribution is 2.39. The van der Waals surface area contributed by atoms with Gasteiger partial charge in [0.1, 0.15) is 11.8 Å². The van der Waals surface area contributed by atoms with E-state index in [9.17, 15) is 19.8 Å². The van der Waals surface area contributed by atoms with Crippen molar-refractivity contribution < 1.29 is 33.6 Å². The normalized spacial score (nSPS) is 25.4. The highest BCUT2D eigenvalue weighted by atomic mass is 16.7. The molecule has 0 spiro atoms. The molecular weight excluding hydrogens is 394 g/mol. The van der Waals surface area contributed by atoms with Crippen LogP contribution in [0.5, 0.6) is 11.5 Å². The Morgan fingerprint density at radius 1 is 1.30 bits per heavy atom. The largest absolute Gasteiger partial charge is 0.490 e. The minimum atomic E-state index is -1.30. The zero-order chi connectivity index (χ0) is 22.2. The third kappa shape index (κ3) is 3.85. The molecule has 160 valence electrons. The van der Waals surface area contributed by atoms with Crippen molar-refractivity contribution >= 4 is 22.6 Å². The first kappa shape index (κ1) is 21.6. The summed E-state index contributed by atoms with van der Waals surface area (Å²) in [5.74, 6) is 0.951. The molecule has 2 heterocycles. The molecule has 4 atom stereocenters. The van der Waals surface area contributed by atoms with Crippen molar-refractivity contribution in [2.45, 2.75) is 44.9 Å². The maximum absolute atomic E-state index is 12.2. The lowest BCUT2D eigenvalue weighted by molar-refractivity contribution is -0.285. The molecule has 1 aliphatic heterocycles. The third-order valence-corrected chi connectivity index (χ3v) is 5.31. The van der Waals surface area contributed by atoms with Crippen LogP contribution < -0.4 is 20.4 Å². The summed E-state index contributed by atoms with van der Waals surface area (Å²) in [6.07, 6.45) is 1.45. The van der Waals surface area contributed by atoms with Crippen LogP contribution >= 0.6 is 0 Å². The molecule has 0 radical (unpaired) electrons.